The maximum atomic E-state index is 12.0. The van der Waals surface area contributed by atoms with Crippen LogP contribution in [0.5, 0.6) is 0 Å². The summed E-state index contributed by atoms with van der Waals surface area (Å²) in [5.74, 6) is 1.25. The SMILES string of the molecule is CN(C)C(=O)CN1CCC[C@@H](c2nccnc2-n2ccnc2)C1. The van der Waals surface area contributed by atoms with E-state index in [1.807, 2.05) is 10.8 Å². The molecule has 23 heavy (non-hydrogen) atoms. The zero-order valence-corrected chi connectivity index (χ0v) is 13.6. The lowest BCUT2D eigenvalue weighted by atomic mass is 9.94. The first-order valence-electron chi connectivity index (χ1n) is 7.87. The van der Waals surface area contributed by atoms with Crippen LogP contribution in [0.2, 0.25) is 0 Å². The van der Waals surface area contributed by atoms with Gasteiger partial charge in [-0.15, -0.1) is 0 Å². The molecule has 1 saturated heterocycles. The van der Waals surface area contributed by atoms with Gasteiger partial charge in [-0.05, 0) is 19.4 Å². The predicted molar refractivity (Wildman–Crippen MR) is 86.3 cm³/mol. The second-order valence-corrected chi connectivity index (χ2v) is 6.10. The fourth-order valence-electron chi connectivity index (χ4n) is 2.97. The summed E-state index contributed by atoms with van der Waals surface area (Å²) in [6.07, 6.45) is 10.9. The van der Waals surface area contributed by atoms with Gasteiger partial charge in [-0.3, -0.25) is 19.2 Å². The van der Waals surface area contributed by atoms with Crippen molar-refractivity contribution in [2.24, 2.45) is 0 Å². The van der Waals surface area contributed by atoms with E-state index < -0.39 is 0 Å². The van der Waals surface area contributed by atoms with Gasteiger partial charge in [0.05, 0.1) is 12.2 Å². The van der Waals surface area contributed by atoms with Crippen molar-refractivity contribution in [1.82, 2.24) is 29.3 Å². The van der Waals surface area contributed by atoms with Crippen molar-refractivity contribution in [3.05, 3.63) is 36.8 Å². The third-order valence-corrected chi connectivity index (χ3v) is 4.21. The quantitative estimate of drug-likeness (QED) is 0.840. The third-order valence-electron chi connectivity index (χ3n) is 4.21. The summed E-state index contributed by atoms with van der Waals surface area (Å²) in [4.78, 5) is 28.9. The summed E-state index contributed by atoms with van der Waals surface area (Å²) < 4.78 is 1.90. The van der Waals surface area contributed by atoms with Gasteiger partial charge >= 0.3 is 0 Å². The lowest BCUT2D eigenvalue weighted by Crippen LogP contribution is -2.41. The van der Waals surface area contributed by atoms with E-state index in [1.165, 1.54) is 0 Å². The highest BCUT2D eigenvalue weighted by atomic mass is 16.2. The molecule has 0 bridgehead atoms. The number of nitrogens with zero attached hydrogens (tertiary/aromatic N) is 6. The first kappa shape index (κ1) is 15.6. The van der Waals surface area contributed by atoms with Crippen LogP contribution in [0, 0.1) is 0 Å². The number of likely N-dealkylation sites (tertiary alicyclic amines) is 1. The first-order chi connectivity index (χ1) is 11.1. The van der Waals surface area contributed by atoms with Gasteiger partial charge in [0.2, 0.25) is 5.91 Å². The number of carbonyl (C=O) groups is 1. The van der Waals surface area contributed by atoms with Crippen molar-refractivity contribution in [3.8, 4) is 5.82 Å². The van der Waals surface area contributed by atoms with Crippen molar-refractivity contribution >= 4 is 5.91 Å². The Morgan fingerprint density at radius 1 is 1.30 bits per heavy atom. The van der Waals surface area contributed by atoms with Crippen LogP contribution in [0.4, 0.5) is 0 Å². The van der Waals surface area contributed by atoms with Crippen molar-refractivity contribution in [1.29, 1.82) is 0 Å². The van der Waals surface area contributed by atoms with E-state index in [4.69, 9.17) is 0 Å². The van der Waals surface area contributed by atoms with Crippen LogP contribution in [-0.4, -0.2) is 69.0 Å². The van der Waals surface area contributed by atoms with Crippen LogP contribution in [0.1, 0.15) is 24.5 Å². The molecule has 1 aliphatic heterocycles. The van der Waals surface area contributed by atoms with Gasteiger partial charge in [0.1, 0.15) is 6.33 Å². The molecule has 0 saturated carbocycles. The molecule has 0 unspecified atom stereocenters. The van der Waals surface area contributed by atoms with Gasteiger partial charge in [-0.25, -0.2) is 9.97 Å². The number of likely N-dealkylation sites (N-methyl/N-ethyl adjacent to an activating group) is 1. The first-order valence-corrected chi connectivity index (χ1v) is 7.87. The molecule has 1 aliphatic rings. The monoisotopic (exact) mass is 314 g/mol. The normalized spacial score (nSPS) is 18.8. The van der Waals surface area contributed by atoms with Crippen molar-refractivity contribution in [2.45, 2.75) is 18.8 Å². The van der Waals surface area contributed by atoms with Gasteiger partial charge in [0.25, 0.3) is 0 Å². The van der Waals surface area contributed by atoms with E-state index in [0.29, 0.717) is 6.54 Å². The van der Waals surface area contributed by atoms with E-state index in [1.54, 1.807) is 43.9 Å². The molecular formula is C16H22N6O. The second-order valence-electron chi connectivity index (χ2n) is 6.10. The average Bonchev–Trinajstić information content (AvgIpc) is 3.09. The molecule has 0 radical (unpaired) electrons. The lowest BCUT2D eigenvalue weighted by molar-refractivity contribution is -0.130. The topological polar surface area (TPSA) is 67.2 Å². The lowest BCUT2D eigenvalue weighted by Gasteiger charge is -2.33. The van der Waals surface area contributed by atoms with Crippen LogP contribution in [0.25, 0.3) is 5.82 Å². The minimum absolute atomic E-state index is 0.139. The number of piperidine rings is 1. The fourth-order valence-corrected chi connectivity index (χ4v) is 2.97. The van der Waals surface area contributed by atoms with E-state index in [0.717, 1.165) is 37.4 Å². The zero-order valence-electron chi connectivity index (χ0n) is 13.6. The van der Waals surface area contributed by atoms with E-state index >= 15 is 0 Å². The third kappa shape index (κ3) is 3.56. The Labute approximate surface area is 136 Å². The van der Waals surface area contributed by atoms with Gasteiger partial charge in [-0.2, -0.15) is 0 Å². The van der Waals surface area contributed by atoms with Crippen LogP contribution < -0.4 is 0 Å². The van der Waals surface area contributed by atoms with Crippen molar-refractivity contribution in [3.63, 3.8) is 0 Å². The molecule has 2 aromatic heterocycles. The minimum Gasteiger partial charge on any atom is -0.348 e. The molecule has 3 rings (SSSR count). The number of aromatic nitrogens is 4. The summed E-state index contributed by atoms with van der Waals surface area (Å²) in [5.41, 5.74) is 0.979. The van der Waals surface area contributed by atoms with Gasteiger partial charge in [0, 0.05) is 51.3 Å². The molecule has 0 spiro atoms. The molecule has 0 aliphatic carbocycles. The Morgan fingerprint density at radius 2 is 2.13 bits per heavy atom. The largest absolute Gasteiger partial charge is 0.348 e. The van der Waals surface area contributed by atoms with Gasteiger partial charge < -0.3 is 4.90 Å². The Bertz CT molecular complexity index is 654. The molecule has 7 nitrogen and oxygen atoms in total. The maximum Gasteiger partial charge on any atom is 0.236 e. The molecule has 0 N–H and O–H groups in total. The highest BCUT2D eigenvalue weighted by molar-refractivity contribution is 5.77. The van der Waals surface area contributed by atoms with E-state index in [-0.39, 0.29) is 11.8 Å². The molecule has 1 atom stereocenters. The average molecular weight is 314 g/mol. The van der Waals surface area contributed by atoms with Crippen LogP contribution in [0.3, 0.4) is 0 Å². The summed E-state index contributed by atoms with van der Waals surface area (Å²) in [7, 11) is 3.59. The minimum atomic E-state index is 0.139. The molecule has 1 fully saturated rings. The van der Waals surface area contributed by atoms with E-state index in [9.17, 15) is 4.79 Å². The highest BCUT2D eigenvalue weighted by Gasteiger charge is 2.26. The highest BCUT2D eigenvalue weighted by Crippen LogP contribution is 2.28. The van der Waals surface area contributed by atoms with Crippen molar-refractivity contribution < 1.29 is 4.79 Å². The molecule has 1 amide bonds. The predicted octanol–water partition coefficient (Wildman–Crippen LogP) is 0.930. The van der Waals surface area contributed by atoms with Crippen LogP contribution >= 0.6 is 0 Å². The van der Waals surface area contributed by atoms with Gasteiger partial charge in [0.15, 0.2) is 5.82 Å². The molecular weight excluding hydrogens is 292 g/mol. The number of hydrogen-bond donors (Lipinski definition) is 0. The number of carbonyl (C=O) groups excluding carboxylic acids is 1. The summed E-state index contributed by atoms with van der Waals surface area (Å²) >= 11 is 0. The molecule has 3 heterocycles. The molecule has 7 heteroatoms. The van der Waals surface area contributed by atoms with E-state index in [2.05, 4.69) is 19.9 Å². The number of imidazole rings is 1. The molecule has 122 valence electrons. The summed E-state index contributed by atoms with van der Waals surface area (Å²) in [6.45, 7) is 2.25. The fraction of sp³-hybridized carbons (Fsp3) is 0.500. The maximum absolute atomic E-state index is 12.0. The standard InChI is InChI=1S/C16H22N6O/c1-20(2)14(23)11-21-8-3-4-13(10-21)15-16(19-6-5-18-15)22-9-7-17-12-22/h5-7,9,12-13H,3-4,8,10-11H2,1-2H3/t13-/m1/s1. The Morgan fingerprint density at radius 3 is 2.87 bits per heavy atom. The smallest absolute Gasteiger partial charge is 0.236 e. The second kappa shape index (κ2) is 6.87. The number of amides is 1. The molecule has 2 aromatic rings. The van der Waals surface area contributed by atoms with Crippen molar-refractivity contribution in [2.75, 3.05) is 33.7 Å². The zero-order chi connectivity index (χ0) is 16.2. The summed E-state index contributed by atoms with van der Waals surface area (Å²) in [5, 5.41) is 0. The Balaban J connectivity index is 1.78. The van der Waals surface area contributed by atoms with Crippen LogP contribution in [-0.2, 0) is 4.79 Å². The summed E-state index contributed by atoms with van der Waals surface area (Å²) in [6, 6.07) is 0. The molecule has 0 aromatic carbocycles. The van der Waals surface area contributed by atoms with Gasteiger partial charge in [-0.1, -0.05) is 0 Å². The number of hydrogen-bond acceptors (Lipinski definition) is 5. The Kier molecular flexibility index (Phi) is 4.66. The van der Waals surface area contributed by atoms with Crippen LogP contribution in [0.15, 0.2) is 31.1 Å². The Hall–Kier alpha value is -2.28. The number of rotatable bonds is 4.